The van der Waals surface area contributed by atoms with E-state index >= 15 is 0 Å². The molecule has 1 heterocycles. The highest BCUT2D eigenvalue weighted by Crippen LogP contribution is 2.45. The quantitative estimate of drug-likeness (QED) is 0.242. The van der Waals surface area contributed by atoms with Gasteiger partial charge in [0, 0.05) is 19.2 Å². The number of non-ortho nitro benzene ring substituents is 1. The van der Waals surface area contributed by atoms with Crippen LogP contribution in [0.3, 0.4) is 0 Å². The molecule has 162 valence electrons. The molecule has 10 heteroatoms. The SMILES string of the molecule is CCCCSC1=C(C(=O)OCC)C(c2cccc([N+](=O)[O-])c2)C([N+](=O)[O-])=C(C)N1C. The van der Waals surface area contributed by atoms with E-state index in [1.54, 1.807) is 31.9 Å². The van der Waals surface area contributed by atoms with Gasteiger partial charge in [0.15, 0.2) is 0 Å². The fourth-order valence-corrected chi connectivity index (χ4v) is 4.57. The molecule has 2 rings (SSSR count). The van der Waals surface area contributed by atoms with Crippen LogP contribution in [0.1, 0.15) is 45.1 Å². The van der Waals surface area contributed by atoms with Gasteiger partial charge in [0.05, 0.1) is 32.8 Å². The summed E-state index contributed by atoms with van der Waals surface area (Å²) in [5.74, 6) is -1.01. The summed E-state index contributed by atoms with van der Waals surface area (Å²) in [6.07, 6.45) is 1.87. The van der Waals surface area contributed by atoms with Crippen LogP contribution in [-0.4, -0.2) is 40.1 Å². The molecular weight excluding hydrogens is 410 g/mol. The van der Waals surface area contributed by atoms with Crippen LogP contribution in [0.5, 0.6) is 0 Å². The summed E-state index contributed by atoms with van der Waals surface area (Å²) in [5.41, 5.74) is 0.429. The molecular formula is C20H25N3O6S. The van der Waals surface area contributed by atoms with Crippen LogP contribution in [0.15, 0.2) is 46.3 Å². The van der Waals surface area contributed by atoms with E-state index in [9.17, 15) is 25.0 Å². The number of allylic oxidation sites excluding steroid dienone is 2. The third kappa shape index (κ3) is 4.81. The van der Waals surface area contributed by atoms with Gasteiger partial charge in [-0.05, 0) is 31.6 Å². The molecule has 0 saturated heterocycles. The van der Waals surface area contributed by atoms with Crippen LogP contribution in [0.25, 0.3) is 0 Å². The number of esters is 1. The number of hydrogen-bond acceptors (Lipinski definition) is 8. The minimum Gasteiger partial charge on any atom is -0.463 e. The van der Waals surface area contributed by atoms with Gasteiger partial charge < -0.3 is 9.64 Å². The van der Waals surface area contributed by atoms with Crippen LogP contribution < -0.4 is 0 Å². The first-order valence-electron chi connectivity index (χ1n) is 9.61. The average Bonchev–Trinajstić information content (AvgIpc) is 2.70. The molecule has 9 nitrogen and oxygen atoms in total. The summed E-state index contributed by atoms with van der Waals surface area (Å²) >= 11 is 1.43. The number of hydrogen-bond donors (Lipinski definition) is 0. The van der Waals surface area contributed by atoms with E-state index in [0.717, 1.165) is 18.6 Å². The van der Waals surface area contributed by atoms with Gasteiger partial charge in [-0.15, -0.1) is 11.8 Å². The van der Waals surface area contributed by atoms with E-state index in [1.807, 2.05) is 6.92 Å². The Morgan fingerprint density at radius 3 is 2.50 bits per heavy atom. The lowest BCUT2D eigenvalue weighted by atomic mass is 9.85. The van der Waals surface area contributed by atoms with Gasteiger partial charge in [0.25, 0.3) is 11.4 Å². The maximum atomic E-state index is 13.0. The molecule has 1 aromatic carbocycles. The molecule has 0 spiro atoms. The number of carbonyl (C=O) groups is 1. The Labute approximate surface area is 179 Å². The molecule has 0 bridgehead atoms. The number of nitro benzene ring substituents is 1. The molecule has 0 N–H and O–H groups in total. The molecule has 1 aliphatic rings. The molecule has 1 aliphatic heterocycles. The second kappa shape index (κ2) is 10.2. The summed E-state index contributed by atoms with van der Waals surface area (Å²) < 4.78 is 5.24. The van der Waals surface area contributed by atoms with Gasteiger partial charge in [0.1, 0.15) is 5.92 Å². The van der Waals surface area contributed by atoms with Crippen molar-refractivity contribution in [1.29, 1.82) is 0 Å². The lowest BCUT2D eigenvalue weighted by molar-refractivity contribution is -0.431. The van der Waals surface area contributed by atoms with E-state index in [1.165, 1.54) is 30.0 Å². The molecule has 1 atom stereocenters. The van der Waals surface area contributed by atoms with Crippen molar-refractivity contribution < 1.29 is 19.4 Å². The maximum absolute atomic E-state index is 13.0. The summed E-state index contributed by atoms with van der Waals surface area (Å²) in [5, 5.41) is 23.9. The molecule has 30 heavy (non-hydrogen) atoms. The normalized spacial score (nSPS) is 16.7. The van der Waals surface area contributed by atoms with Gasteiger partial charge in [-0.3, -0.25) is 20.2 Å². The third-order valence-corrected chi connectivity index (χ3v) is 6.07. The predicted molar refractivity (Wildman–Crippen MR) is 114 cm³/mol. The smallest absolute Gasteiger partial charge is 0.337 e. The number of ether oxygens (including phenoxy) is 1. The number of nitrogens with zero attached hydrogens (tertiary/aromatic N) is 3. The van der Waals surface area contributed by atoms with Crippen molar-refractivity contribution in [2.45, 2.75) is 39.5 Å². The first kappa shape index (κ1) is 23.4. The monoisotopic (exact) mass is 435 g/mol. The fraction of sp³-hybridized carbons (Fsp3) is 0.450. The highest BCUT2D eigenvalue weighted by atomic mass is 32.2. The van der Waals surface area contributed by atoms with E-state index in [0.29, 0.717) is 16.3 Å². The number of rotatable bonds is 9. The van der Waals surface area contributed by atoms with Crippen LogP contribution in [0.2, 0.25) is 0 Å². The van der Waals surface area contributed by atoms with E-state index in [-0.39, 0.29) is 23.6 Å². The average molecular weight is 436 g/mol. The minimum absolute atomic E-state index is 0.108. The second-order valence-corrected chi connectivity index (χ2v) is 7.80. The number of carbonyl (C=O) groups excluding carboxylic acids is 1. The first-order chi connectivity index (χ1) is 14.2. The predicted octanol–water partition coefficient (Wildman–Crippen LogP) is 4.44. The van der Waals surface area contributed by atoms with Crippen LogP contribution in [0.4, 0.5) is 5.69 Å². The Hall–Kier alpha value is -2.88. The van der Waals surface area contributed by atoms with Crippen molar-refractivity contribution in [2.24, 2.45) is 0 Å². The van der Waals surface area contributed by atoms with Crippen LogP contribution in [-0.2, 0) is 9.53 Å². The van der Waals surface area contributed by atoms with Crippen molar-refractivity contribution in [2.75, 3.05) is 19.4 Å². The van der Waals surface area contributed by atoms with Crippen LogP contribution in [0, 0.1) is 20.2 Å². The third-order valence-electron chi connectivity index (χ3n) is 4.81. The highest BCUT2D eigenvalue weighted by molar-refractivity contribution is 8.03. The molecule has 0 amide bonds. The summed E-state index contributed by atoms with van der Waals surface area (Å²) in [6, 6.07) is 5.62. The van der Waals surface area contributed by atoms with Crippen molar-refractivity contribution in [3.05, 3.63) is 72.1 Å². The zero-order valence-corrected chi connectivity index (χ0v) is 18.2. The second-order valence-electron chi connectivity index (χ2n) is 6.71. The van der Waals surface area contributed by atoms with Crippen LogP contribution >= 0.6 is 11.8 Å². The number of benzene rings is 1. The van der Waals surface area contributed by atoms with Crippen molar-refractivity contribution in [3.8, 4) is 0 Å². The van der Waals surface area contributed by atoms with Gasteiger partial charge in [-0.2, -0.15) is 0 Å². The number of nitro groups is 2. The molecule has 0 fully saturated rings. The van der Waals surface area contributed by atoms with Crippen molar-refractivity contribution in [1.82, 2.24) is 4.90 Å². The van der Waals surface area contributed by atoms with E-state index < -0.39 is 21.7 Å². The largest absolute Gasteiger partial charge is 0.463 e. The van der Waals surface area contributed by atoms with Crippen molar-refractivity contribution in [3.63, 3.8) is 0 Å². The van der Waals surface area contributed by atoms with Gasteiger partial charge >= 0.3 is 5.97 Å². The fourth-order valence-electron chi connectivity index (χ4n) is 3.26. The van der Waals surface area contributed by atoms with Crippen molar-refractivity contribution >= 4 is 23.4 Å². The summed E-state index contributed by atoms with van der Waals surface area (Å²) in [4.78, 5) is 36.8. The molecule has 1 unspecified atom stereocenters. The Balaban J connectivity index is 2.76. The highest BCUT2D eigenvalue weighted by Gasteiger charge is 2.44. The standard InChI is InChI=1S/C20H25N3O6S/c1-5-7-11-30-19-17(20(24)29-6-2)16(18(23(27)28)13(3)21(19)4)14-9-8-10-15(12-14)22(25)26/h8-10,12,16H,5-7,11H2,1-4H3. The molecule has 0 aromatic heterocycles. The Morgan fingerprint density at radius 2 is 1.93 bits per heavy atom. The summed E-state index contributed by atoms with van der Waals surface area (Å²) in [7, 11) is 1.68. The maximum Gasteiger partial charge on any atom is 0.337 e. The zero-order valence-electron chi connectivity index (χ0n) is 17.4. The minimum atomic E-state index is -1.07. The Bertz CT molecular complexity index is 912. The van der Waals surface area contributed by atoms with Gasteiger partial charge in [0.2, 0.25) is 0 Å². The zero-order chi connectivity index (χ0) is 22.4. The lowest BCUT2D eigenvalue weighted by Crippen LogP contribution is -2.33. The number of unbranched alkanes of at least 4 members (excludes halogenated alkanes) is 1. The van der Waals surface area contributed by atoms with Gasteiger partial charge in [-0.25, -0.2) is 4.79 Å². The molecule has 0 aliphatic carbocycles. The van der Waals surface area contributed by atoms with E-state index in [4.69, 9.17) is 4.74 Å². The van der Waals surface area contributed by atoms with Gasteiger partial charge in [-0.1, -0.05) is 25.5 Å². The molecule has 0 radical (unpaired) electrons. The Kier molecular flexibility index (Phi) is 7.99. The molecule has 1 aromatic rings. The van der Waals surface area contributed by atoms with E-state index in [2.05, 4.69) is 0 Å². The lowest BCUT2D eigenvalue weighted by Gasteiger charge is -2.33. The number of thioether (sulfide) groups is 1. The topological polar surface area (TPSA) is 116 Å². The summed E-state index contributed by atoms with van der Waals surface area (Å²) in [6.45, 7) is 5.43. The molecule has 0 saturated carbocycles. The Morgan fingerprint density at radius 1 is 1.23 bits per heavy atom. The first-order valence-corrected chi connectivity index (χ1v) is 10.6.